The molecule has 2 unspecified atom stereocenters. The number of fused-ring (bicyclic) bond motifs is 6. The number of carbonyl (C=O) groups is 2. The summed E-state index contributed by atoms with van der Waals surface area (Å²) < 4.78 is 14.2. The van der Waals surface area contributed by atoms with Gasteiger partial charge in [-0.3, -0.25) is 9.59 Å². The van der Waals surface area contributed by atoms with E-state index in [0.717, 1.165) is 17.7 Å². The van der Waals surface area contributed by atoms with Gasteiger partial charge in [-0.2, -0.15) is 0 Å². The first kappa shape index (κ1) is 25.9. The van der Waals surface area contributed by atoms with Gasteiger partial charge in [0.05, 0.1) is 19.6 Å². The number of carboxylic acids is 2. The van der Waals surface area contributed by atoms with E-state index in [4.69, 9.17) is 19.7 Å². The van der Waals surface area contributed by atoms with E-state index in [2.05, 4.69) is 30.3 Å². The van der Waals surface area contributed by atoms with E-state index in [1.54, 1.807) is 22.7 Å². The van der Waals surface area contributed by atoms with Gasteiger partial charge in [0.1, 0.15) is 11.2 Å². The number of thiophene rings is 2. The van der Waals surface area contributed by atoms with Gasteiger partial charge in [-0.25, -0.2) is 0 Å². The molecule has 2 aromatic heterocycles. The van der Waals surface area contributed by atoms with Crippen LogP contribution in [0, 0.1) is 0 Å². The minimum atomic E-state index is -0.817. The van der Waals surface area contributed by atoms with Crippen LogP contribution in [0.15, 0.2) is 48.5 Å². The first-order valence-electron chi connectivity index (χ1n) is 12.4. The van der Waals surface area contributed by atoms with E-state index >= 15 is 0 Å². The summed E-state index contributed by atoms with van der Waals surface area (Å²) in [4.78, 5) is 24.1. The second kappa shape index (κ2) is 10.2. The third-order valence-corrected chi connectivity index (χ3v) is 10.1. The Balaban J connectivity index is 0.000000152. The van der Waals surface area contributed by atoms with Gasteiger partial charge >= 0.3 is 11.9 Å². The van der Waals surface area contributed by atoms with Gasteiger partial charge in [-0.1, -0.05) is 36.4 Å². The first-order valence-corrected chi connectivity index (χ1v) is 14.1. The van der Waals surface area contributed by atoms with Crippen molar-refractivity contribution < 1.29 is 29.3 Å². The Morgan fingerprint density at radius 3 is 1.78 bits per heavy atom. The van der Waals surface area contributed by atoms with Crippen molar-refractivity contribution >= 4 is 54.8 Å². The van der Waals surface area contributed by atoms with E-state index in [1.165, 1.54) is 36.2 Å². The summed E-state index contributed by atoms with van der Waals surface area (Å²) >= 11 is 3.40. The molecule has 0 bridgehead atoms. The van der Waals surface area contributed by atoms with E-state index in [0.29, 0.717) is 19.6 Å². The molecule has 6 rings (SSSR count). The fraction of sp³-hybridized carbons (Fsp3) is 0.379. The Labute approximate surface area is 223 Å². The van der Waals surface area contributed by atoms with Crippen LogP contribution in [0.25, 0.3) is 20.2 Å². The molecule has 2 aliphatic heterocycles. The van der Waals surface area contributed by atoms with Crippen molar-refractivity contribution in [3.05, 3.63) is 69.4 Å². The molecule has 0 radical (unpaired) electrons. The molecule has 0 aliphatic carbocycles. The van der Waals surface area contributed by atoms with Crippen molar-refractivity contribution in [2.75, 3.05) is 13.2 Å². The van der Waals surface area contributed by atoms with Gasteiger partial charge in [0, 0.05) is 25.6 Å². The maximum absolute atomic E-state index is 11.0. The minimum absolute atomic E-state index is 0.0207. The van der Waals surface area contributed by atoms with Crippen molar-refractivity contribution in [1.29, 1.82) is 0 Å². The number of aliphatic carboxylic acids is 2. The van der Waals surface area contributed by atoms with E-state index in [9.17, 15) is 9.59 Å². The van der Waals surface area contributed by atoms with Crippen molar-refractivity contribution in [3.63, 3.8) is 0 Å². The van der Waals surface area contributed by atoms with Crippen LogP contribution >= 0.6 is 22.7 Å². The lowest BCUT2D eigenvalue weighted by Gasteiger charge is -2.33. The summed E-state index contributed by atoms with van der Waals surface area (Å²) in [7, 11) is 0. The van der Waals surface area contributed by atoms with E-state index in [-0.39, 0.29) is 12.8 Å². The zero-order chi connectivity index (χ0) is 26.2. The van der Waals surface area contributed by atoms with Crippen LogP contribution in [0.2, 0.25) is 0 Å². The SMILES string of the molecule is CC1(CC(=O)O)OCCc2c1sc1ccccc21.CC1(CCC(=O)O)OCCc2c1sc1ccccc21. The normalized spacial score (nSPS) is 22.6. The molecular weight excluding hydrogens is 508 g/mol. The number of rotatable bonds is 5. The van der Waals surface area contributed by atoms with Crippen LogP contribution in [0.4, 0.5) is 0 Å². The van der Waals surface area contributed by atoms with Gasteiger partial charge in [0.15, 0.2) is 0 Å². The van der Waals surface area contributed by atoms with Crippen molar-refractivity contribution in [2.45, 2.75) is 57.2 Å². The molecule has 2 atom stereocenters. The summed E-state index contributed by atoms with van der Waals surface area (Å²) in [5.74, 6) is -1.58. The van der Waals surface area contributed by atoms with Gasteiger partial charge in [0.25, 0.3) is 0 Å². The monoisotopic (exact) mass is 538 g/mol. The molecule has 2 aromatic carbocycles. The van der Waals surface area contributed by atoms with E-state index < -0.39 is 23.1 Å². The highest BCUT2D eigenvalue weighted by atomic mass is 32.1. The first-order chi connectivity index (χ1) is 17.7. The van der Waals surface area contributed by atoms with Crippen LogP contribution in [0.5, 0.6) is 0 Å². The molecule has 0 spiro atoms. The molecule has 194 valence electrons. The van der Waals surface area contributed by atoms with Gasteiger partial charge in [-0.05, 0) is 67.1 Å². The molecule has 2 N–H and O–H groups in total. The Morgan fingerprint density at radius 1 is 0.784 bits per heavy atom. The Kier molecular flexibility index (Phi) is 7.11. The lowest BCUT2D eigenvalue weighted by atomic mass is 9.90. The number of carboxylic acid groups (broad SMARTS) is 2. The third-order valence-electron chi connectivity index (χ3n) is 7.21. The molecule has 4 aromatic rings. The lowest BCUT2D eigenvalue weighted by molar-refractivity contribution is -0.146. The predicted molar refractivity (Wildman–Crippen MR) is 147 cm³/mol. The molecule has 0 fully saturated rings. The molecule has 8 heteroatoms. The number of hydrogen-bond acceptors (Lipinski definition) is 6. The minimum Gasteiger partial charge on any atom is -0.481 e. The highest BCUT2D eigenvalue weighted by Crippen LogP contribution is 2.46. The average molecular weight is 539 g/mol. The summed E-state index contributed by atoms with van der Waals surface area (Å²) in [5, 5.41) is 20.5. The van der Waals surface area contributed by atoms with Gasteiger partial charge in [-0.15, -0.1) is 22.7 Å². The summed E-state index contributed by atoms with van der Waals surface area (Å²) in [6.07, 6.45) is 2.48. The zero-order valence-corrected chi connectivity index (χ0v) is 22.5. The average Bonchev–Trinajstić information content (AvgIpc) is 3.44. The predicted octanol–water partition coefficient (Wildman–Crippen LogP) is 6.72. The van der Waals surface area contributed by atoms with Gasteiger partial charge < -0.3 is 19.7 Å². The summed E-state index contributed by atoms with van der Waals surface area (Å²) in [6, 6.07) is 16.6. The second-order valence-electron chi connectivity index (χ2n) is 9.93. The van der Waals surface area contributed by atoms with Crippen molar-refractivity contribution in [1.82, 2.24) is 0 Å². The quantitative estimate of drug-likeness (QED) is 0.293. The molecular formula is C29H30O6S2. The Bertz CT molecular complexity index is 1470. The number of hydrogen-bond donors (Lipinski definition) is 2. The van der Waals surface area contributed by atoms with Crippen LogP contribution in [0.1, 0.15) is 54.0 Å². The number of ether oxygens (including phenoxy) is 2. The molecule has 6 nitrogen and oxygen atoms in total. The molecule has 0 saturated heterocycles. The van der Waals surface area contributed by atoms with Crippen molar-refractivity contribution in [2.24, 2.45) is 0 Å². The summed E-state index contributed by atoms with van der Waals surface area (Å²) in [5.41, 5.74) is 1.49. The fourth-order valence-electron chi connectivity index (χ4n) is 5.39. The van der Waals surface area contributed by atoms with Crippen molar-refractivity contribution in [3.8, 4) is 0 Å². The molecule has 0 saturated carbocycles. The van der Waals surface area contributed by atoms with E-state index in [1.807, 2.05) is 32.0 Å². The lowest BCUT2D eigenvalue weighted by Crippen LogP contribution is -2.33. The third kappa shape index (κ3) is 5.03. The second-order valence-corrected chi connectivity index (χ2v) is 12.0. The zero-order valence-electron chi connectivity index (χ0n) is 20.9. The molecule has 0 amide bonds. The molecule has 37 heavy (non-hydrogen) atoms. The maximum Gasteiger partial charge on any atom is 0.306 e. The Hall–Kier alpha value is -2.78. The molecule has 2 aliphatic rings. The smallest absolute Gasteiger partial charge is 0.306 e. The highest BCUT2D eigenvalue weighted by Gasteiger charge is 2.38. The fourth-order valence-corrected chi connectivity index (χ4v) is 8.12. The van der Waals surface area contributed by atoms with Crippen LogP contribution in [-0.4, -0.2) is 35.4 Å². The number of benzene rings is 2. The van der Waals surface area contributed by atoms with Crippen LogP contribution in [0.3, 0.4) is 0 Å². The van der Waals surface area contributed by atoms with Gasteiger partial charge in [0.2, 0.25) is 0 Å². The van der Waals surface area contributed by atoms with Crippen LogP contribution < -0.4 is 0 Å². The highest BCUT2D eigenvalue weighted by molar-refractivity contribution is 7.19. The molecule has 4 heterocycles. The standard InChI is InChI=1S/C15H16O3S.C14H14O3S/c1-15(8-6-13(16)17)14-11(7-9-18-15)10-4-2-3-5-12(10)19-14;1-14(8-12(15)16)13-10(6-7-17-14)9-4-2-3-5-11(9)18-13/h2-5H,6-9H2,1H3,(H,16,17);2-5H,6-8H2,1H3,(H,15,16). The topological polar surface area (TPSA) is 93.1 Å². The largest absolute Gasteiger partial charge is 0.481 e. The summed E-state index contributed by atoms with van der Waals surface area (Å²) in [6.45, 7) is 5.17. The van der Waals surface area contributed by atoms with Crippen LogP contribution in [-0.2, 0) is 43.1 Å². The Morgan fingerprint density at radius 2 is 1.27 bits per heavy atom. The maximum atomic E-state index is 11.0.